The Morgan fingerprint density at radius 2 is 2.11 bits per heavy atom. The van der Waals surface area contributed by atoms with Crippen LogP contribution in [-0.4, -0.2) is 11.2 Å². The minimum atomic E-state index is -0.0278. The van der Waals surface area contributed by atoms with Crippen molar-refractivity contribution in [3.63, 3.8) is 0 Å². The van der Waals surface area contributed by atoms with Crippen LogP contribution in [0.15, 0.2) is 12.2 Å². The van der Waals surface area contributed by atoms with Crippen molar-refractivity contribution >= 4 is 0 Å². The van der Waals surface area contributed by atoms with Crippen molar-refractivity contribution in [3.05, 3.63) is 12.2 Å². The number of hydrogen-bond donors (Lipinski definition) is 1. The Labute approximate surface area is 55.4 Å². The van der Waals surface area contributed by atoms with Gasteiger partial charge in [-0.1, -0.05) is 12.2 Å². The van der Waals surface area contributed by atoms with Gasteiger partial charge in [-0.2, -0.15) is 0 Å². The SMILES string of the molecule is O[C@@H]1CC[C@H]2C=C[C@@H]1C2. The molecule has 2 aliphatic carbocycles. The van der Waals surface area contributed by atoms with E-state index in [9.17, 15) is 5.11 Å². The largest absolute Gasteiger partial charge is 0.393 e. The number of fused-ring (bicyclic) bond motifs is 2. The Kier molecular flexibility index (Phi) is 1.12. The van der Waals surface area contributed by atoms with Crippen molar-refractivity contribution in [2.75, 3.05) is 0 Å². The molecule has 1 saturated carbocycles. The van der Waals surface area contributed by atoms with E-state index in [2.05, 4.69) is 12.2 Å². The summed E-state index contributed by atoms with van der Waals surface area (Å²) in [5, 5.41) is 9.34. The fourth-order valence-corrected chi connectivity index (χ4v) is 1.90. The van der Waals surface area contributed by atoms with Crippen molar-refractivity contribution < 1.29 is 5.11 Å². The van der Waals surface area contributed by atoms with Crippen LogP contribution >= 0.6 is 0 Å². The van der Waals surface area contributed by atoms with E-state index in [0.717, 1.165) is 12.3 Å². The van der Waals surface area contributed by atoms with Crippen LogP contribution in [0.1, 0.15) is 19.3 Å². The second-order valence-electron chi connectivity index (χ2n) is 3.19. The predicted octanol–water partition coefficient (Wildman–Crippen LogP) is 1.33. The van der Waals surface area contributed by atoms with Crippen molar-refractivity contribution in [3.8, 4) is 0 Å². The first kappa shape index (κ1) is 5.48. The average molecular weight is 124 g/mol. The van der Waals surface area contributed by atoms with E-state index >= 15 is 0 Å². The molecule has 1 fully saturated rings. The topological polar surface area (TPSA) is 20.2 Å². The highest BCUT2D eigenvalue weighted by atomic mass is 16.3. The van der Waals surface area contributed by atoms with Crippen molar-refractivity contribution in [1.29, 1.82) is 0 Å². The van der Waals surface area contributed by atoms with Gasteiger partial charge >= 0.3 is 0 Å². The molecule has 50 valence electrons. The van der Waals surface area contributed by atoms with Gasteiger partial charge in [0.2, 0.25) is 0 Å². The fourth-order valence-electron chi connectivity index (χ4n) is 1.90. The minimum Gasteiger partial charge on any atom is -0.393 e. The molecule has 2 bridgehead atoms. The van der Waals surface area contributed by atoms with E-state index in [1.165, 1.54) is 12.8 Å². The molecule has 0 radical (unpaired) electrons. The first-order valence-corrected chi connectivity index (χ1v) is 3.72. The molecule has 9 heavy (non-hydrogen) atoms. The molecule has 0 aromatic carbocycles. The van der Waals surface area contributed by atoms with Crippen LogP contribution in [0.3, 0.4) is 0 Å². The third kappa shape index (κ3) is 0.799. The third-order valence-electron chi connectivity index (χ3n) is 2.53. The van der Waals surface area contributed by atoms with E-state index < -0.39 is 0 Å². The van der Waals surface area contributed by atoms with Gasteiger partial charge in [0.15, 0.2) is 0 Å². The fraction of sp³-hybridized carbons (Fsp3) is 0.750. The molecule has 3 atom stereocenters. The molecule has 0 unspecified atom stereocenters. The zero-order valence-corrected chi connectivity index (χ0v) is 5.46. The van der Waals surface area contributed by atoms with Gasteiger partial charge in [-0.3, -0.25) is 0 Å². The van der Waals surface area contributed by atoms with Gasteiger partial charge in [0.1, 0.15) is 0 Å². The molecular weight excluding hydrogens is 112 g/mol. The highest BCUT2D eigenvalue weighted by molar-refractivity contribution is 5.07. The molecule has 1 nitrogen and oxygen atoms in total. The smallest absolute Gasteiger partial charge is 0.0603 e. The maximum absolute atomic E-state index is 9.34. The lowest BCUT2D eigenvalue weighted by atomic mass is 9.86. The Bertz CT molecular complexity index is 140. The molecule has 0 aromatic rings. The summed E-state index contributed by atoms with van der Waals surface area (Å²) in [5.74, 6) is 1.31. The van der Waals surface area contributed by atoms with Gasteiger partial charge in [0, 0.05) is 5.92 Å². The van der Waals surface area contributed by atoms with Gasteiger partial charge in [-0.25, -0.2) is 0 Å². The summed E-state index contributed by atoms with van der Waals surface area (Å²) in [5.41, 5.74) is 0. The monoisotopic (exact) mass is 124 g/mol. The highest BCUT2D eigenvalue weighted by Crippen LogP contribution is 2.36. The number of rotatable bonds is 0. The van der Waals surface area contributed by atoms with E-state index in [1.807, 2.05) is 0 Å². The molecule has 1 N–H and O–H groups in total. The Hall–Kier alpha value is -0.300. The van der Waals surface area contributed by atoms with Crippen LogP contribution in [0.2, 0.25) is 0 Å². The first-order valence-electron chi connectivity index (χ1n) is 3.72. The summed E-state index contributed by atoms with van der Waals surface area (Å²) >= 11 is 0. The predicted molar refractivity (Wildman–Crippen MR) is 36.0 cm³/mol. The normalized spacial score (nSPS) is 47.9. The number of aliphatic hydroxyl groups is 1. The standard InChI is InChI=1S/C8H12O/c9-8-4-2-6-1-3-7(8)5-6/h1,3,6-9H,2,4-5H2/t6-,7-,8-/m1/s1. The lowest BCUT2D eigenvalue weighted by Gasteiger charge is -2.23. The lowest BCUT2D eigenvalue weighted by Crippen LogP contribution is -2.22. The lowest BCUT2D eigenvalue weighted by molar-refractivity contribution is 0.0887. The van der Waals surface area contributed by atoms with Gasteiger partial charge < -0.3 is 5.11 Å². The number of aliphatic hydroxyl groups excluding tert-OH is 1. The molecule has 1 heteroatoms. The molecule has 0 aromatic heterocycles. The molecule has 0 amide bonds. The van der Waals surface area contributed by atoms with Crippen LogP contribution in [-0.2, 0) is 0 Å². The molecule has 2 rings (SSSR count). The Morgan fingerprint density at radius 1 is 1.22 bits per heavy atom. The molecular formula is C8H12O. The van der Waals surface area contributed by atoms with Crippen LogP contribution in [0.25, 0.3) is 0 Å². The second-order valence-corrected chi connectivity index (χ2v) is 3.19. The van der Waals surface area contributed by atoms with Crippen molar-refractivity contribution in [2.45, 2.75) is 25.4 Å². The Morgan fingerprint density at radius 3 is 2.89 bits per heavy atom. The maximum atomic E-state index is 9.34. The van der Waals surface area contributed by atoms with Crippen molar-refractivity contribution in [2.24, 2.45) is 11.8 Å². The zero-order chi connectivity index (χ0) is 6.27. The van der Waals surface area contributed by atoms with E-state index in [1.54, 1.807) is 0 Å². The quantitative estimate of drug-likeness (QED) is 0.483. The summed E-state index contributed by atoms with van der Waals surface area (Å²) in [6.07, 6.45) is 7.85. The van der Waals surface area contributed by atoms with Crippen molar-refractivity contribution in [1.82, 2.24) is 0 Å². The highest BCUT2D eigenvalue weighted by Gasteiger charge is 2.29. The van der Waals surface area contributed by atoms with E-state index in [0.29, 0.717) is 5.92 Å². The summed E-state index contributed by atoms with van der Waals surface area (Å²) in [4.78, 5) is 0. The van der Waals surface area contributed by atoms with Gasteiger partial charge in [-0.15, -0.1) is 0 Å². The molecule has 2 aliphatic rings. The van der Waals surface area contributed by atoms with Gasteiger partial charge in [-0.05, 0) is 25.2 Å². The van der Waals surface area contributed by atoms with Gasteiger partial charge in [0.25, 0.3) is 0 Å². The number of hydrogen-bond acceptors (Lipinski definition) is 1. The van der Waals surface area contributed by atoms with Crippen LogP contribution < -0.4 is 0 Å². The summed E-state index contributed by atoms with van der Waals surface area (Å²) in [7, 11) is 0. The van der Waals surface area contributed by atoms with E-state index in [4.69, 9.17) is 0 Å². The second kappa shape index (κ2) is 1.84. The first-order chi connectivity index (χ1) is 4.36. The maximum Gasteiger partial charge on any atom is 0.0603 e. The van der Waals surface area contributed by atoms with E-state index in [-0.39, 0.29) is 6.10 Å². The molecule has 0 spiro atoms. The zero-order valence-electron chi connectivity index (χ0n) is 5.46. The number of allylic oxidation sites excluding steroid dienone is 1. The summed E-state index contributed by atoms with van der Waals surface area (Å²) < 4.78 is 0. The minimum absolute atomic E-state index is 0.0278. The van der Waals surface area contributed by atoms with Crippen LogP contribution in [0.5, 0.6) is 0 Å². The van der Waals surface area contributed by atoms with Crippen LogP contribution in [0.4, 0.5) is 0 Å². The summed E-state index contributed by atoms with van der Waals surface area (Å²) in [6.45, 7) is 0. The Balaban J connectivity index is 2.14. The average Bonchev–Trinajstić information content (AvgIpc) is 2.25. The van der Waals surface area contributed by atoms with Crippen LogP contribution in [0, 0.1) is 11.8 Å². The summed E-state index contributed by atoms with van der Waals surface area (Å²) in [6, 6.07) is 0. The third-order valence-corrected chi connectivity index (χ3v) is 2.53. The molecule has 0 saturated heterocycles. The molecule has 0 heterocycles. The molecule has 0 aliphatic heterocycles. The van der Waals surface area contributed by atoms with Gasteiger partial charge in [0.05, 0.1) is 6.10 Å².